The largest absolute Gasteiger partial charge is 0.462 e. The molecule has 5 heteroatoms. The average Bonchev–Trinajstić information content (AvgIpc) is 3.04. The molecule has 0 aliphatic carbocycles. The van der Waals surface area contributed by atoms with E-state index in [1.54, 1.807) is 13.2 Å². The number of furan rings is 1. The molecule has 24 heavy (non-hydrogen) atoms. The smallest absolute Gasteiger partial charge is 0.129 e. The van der Waals surface area contributed by atoms with E-state index in [4.69, 9.17) is 9.15 Å². The van der Waals surface area contributed by atoms with Gasteiger partial charge in [-0.15, -0.1) is 0 Å². The van der Waals surface area contributed by atoms with Crippen LogP contribution in [0.2, 0.25) is 0 Å². The highest BCUT2D eigenvalue weighted by Gasteiger charge is 2.20. The Morgan fingerprint density at radius 2 is 2.08 bits per heavy atom. The second-order valence-electron chi connectivity index (χ2n) is 6.35. The Bertz CT molecular complexity index is 644. The first-order chi connectivity index (χ1) is 11.7. The van der Waals surface area contributed by atoms with E-state index >= 15 is 0 Å². The second kappa shape index (κ2) is 8.42. The normalized spacial score (nSPS) is 18.8. The van der Waals surface area contributed by atoms with Gasteiger partial charge in [0.2, 0.25) is 0 Å². The molecule has 130 valence electrons. The summed E-state index contributed by atoms with van der Waals surface area (Å²) in [6.45, 7) is 3.83. The third-order valence-corrected chi connectivity index (χ3v) is 4.43. The van der Waals surface area contributed by atoms with Crippen molar-refractivity contribution in [2.45, 2.75) is 38.6 Å². The van der Waals surface area contributed by atoms with Crippen molar-refractivity contribution in [1.82, 2.24) is 10.2 Å². The summed E-state index contributed by atoms with van der Waals surface area (Å²) in [5, 5.41) is 3.55. The van der Waals surface area contributed by atoms with Crippen molar-refractivity contribution in [3.8, 4) is 0 Å². The van der Waals surface area contributed by atoms with Crippen molar-refractivity contribution in [2.24, 2.45) is 0 Å². The van der Waals surface area contributed by atoms with E-state index in [2.05, 4.69) is 10.2 Å². The zero-order valence-electron chi connectivity index (χ0n) is 14.1. The third-order valence-electron chi connectivity index (χ3n) is 4.43. The quantitative estimate of drug-likeness (QED) is 0.844. The van der Waals surface area contributed by atoms with Crippen LogP contribution in [-0.4, -0.2) is 31.1 Å². The van der Waals surface area contributed by atoms with Crippen LogP contribution in [0.1, 0.15) is 29.9 Å². The Morgan fingerprint density at radius 1 is 1.25 bits per heavy atom. The fourth-order valence-corrected chi connectivity index (χ4v) is 3.22. The molecule has 0 radical (unpaired) electrons. The predicted molar refractivity (Wildman–Crippen MR) is 91.0 cm³/mol. The minimum absolute atomic E-state index is 0.117. The molecular weight excluding hydrogens is 307 g/mol. The third kappa shape index (κ3) is 4.66. The van der Waals surface area contributed by atoms with Gasteiger partial charge in [0.15, 0.2) is 0 Å². The Hall–Kier alpha value is -1.69. The molecule has 2 heterocycles. The standard InChI is InChI=1S/C19H25FN2O2/c1-23-14-18-9-8-17(24-18)11-21-16-6-4-10-22(13-16)12-15-5-2-3-7-19(15)20/h2-3,5,7-9,16,21H,4,6,10-14H2,1H3. The van der Waals surface area contributed by atoms with Crippen molar-refractivity contribution in [3.63, 3.8) is 0 Å². The molecular formula is C19H25FN2O2. The number of rotatable bonds is 7. The maximum Gasteiger partial charge on any atom is 0.129 e. The van der Waals surface area contributed by atoms with Gasteiger partial charge < -0.3 is 14.5 Å². The lowest BCUT2D eigenvalue weighted by atomic mass is 10.0. The van der Waals surface area contributed by atoms with Crippen LogP contribution in [0.3, 0.4) is 0 Å². The molecule has 1 atom stereocenters. The molecule has 1 aliphatic heterocycles. The van der Waals surface area contributed by atoms with Crippen LogP contribution < -0.4 is 5.32 Å². The van der Waals surface area contributed by atoms with Gasteiger partial charge in [0.05, 0.1) is 6.54 Å². The zero-order chi connectivity index (χ0) is 16.8. The highest BCUT2D eigenvalue weighted by atomic mass is 19.1. The Labute approximate surface area is 142 Å². The van der Waals surface area contributed by atoms with E-state index in [1.165, 1.54) is 6.07 Å². The molecule has 2 aromatic rings. The number of hydrogen-bond acceptors (Lipinski definition) is 4. The maximum atomic E-state index is 13.8. The Morgan fingerprint density at radius 3 is 2.92 bits per heavy atom. The molecule has 1 aliphatic rings. The van der Waals surface area contributed by atoms with Crippen LogP contribution >= 0.6 is 0 Å². The lowest BCUT2D eigenvalue weighted by Gasteiger charge is -2.33. The molecule has 1 unspecified atom stereocenters. The minimum atomic E-state index is -0.117. The predicted octanol–water partition coefficient (Wildman–Crippen LogP) is 3.32. The summed E-state index contributed by atoms with van der Waals surface area (Å²) in [4.78, 5) is 2.32. The molecule has 1 N–H and O–H groups in total. The van der Waals surface area contributed by atoms with Gasteiger partial charge in [0, 0.05) is 31.8 Å². The summed E-state index contributed by atoms with van der Waals surface area (Å²) in [5.74, 6) is 1.65. The van der Waals surface area contributed by atoms with Gasteiger partial charge in [0.1, 0.15) is 23.9 Å². The van der Waals surface area contributed by atoms with Crippen LogP contribution in [0.5, 0.6) is 0 Å². The van der Waals surface area contributed by atoms with Crippen molar-refractivity contribution in [1.29, 1.82) is 0 Å². The number of nitrogens with one attached hydrogen (secondary N) is 1. The number of benzene rings is 1. The van der Waals surface area contributed by atoms with Crippen LogP contribution in [0, 0.1) is 5.82 Å². The summed E-state index contributed by atoms with van der Waals surface area (Å²) >= 11 is 0. The second-order valence-corrected chi connectivity index (χ2v) is 6.35. The van der Waals surface area contributed by atoms with Crippen molar-refractivity contribution < 1.29 is 13.5 Å². The monoisotopic (exact) mass is 332 g/mol. The fourth-order valence-electron chi connectivity index (χ4n) is 3.22. The van der Waals surface area contributed by atoms with Gasteiger partial charge in [-0.05, 0) is 37.6 Å². The van der Waals surface area contributed by atoms with E-state index < -0.39 is 0 Å². The summed E-state index contributed by atoms with van der Waals surface area (Å²) in [6, 6.07) is 11.4. The highest BCUT2D eigenvalue weighted by Crippen LogP contribution is 2.16. The first-order valence-corrected chi connectivity index (χ1v) is 8.50. The van der Waals surface area contributed by atoms with Crippen molar-refractivity contribution in [3.05, 3.63) is 59.3 Å². The molecule has 1 fully saturated rings. The van der Waals surface area contributed by atoms with E-state index in [0.29, 0.717) is 25.7 Å². The molecule has 0 amide bonds. The van der Waals surface area contributed by atoms with Crippen LogP contribution in [-0.2, 0) is 24.4 Å². The summed E-state index contributed by atoms with van der Waals surface area (Å²) in [7, 11) is 1.66. The van der Waals surface area contributed by atoms with Crippen molar-refractivity contribution >= 4 is 0 Å². The summed E-state index contributed by atoms with van der Waals surface area (Å²) in [6.07, 6.45) is 2.26. The summed E-state index contributed by atoms with van der Waals surface area (Å²) < 4.78 is 24.6. The molecule has 4 nitrogen and oxygen atoms in total. The number of ether oxygens (including phenoxy) is 1. The van der Waals surface area contributed by atoms with Crippen molar-refractivity contribution in [2.75, 3.05) is 20.2 Å². The Balaban J connectivity index is 1.49. The van der Waals surface area contributed by atoms with Gasteiger partial charge in [-0.1, -0.05) is 18.2 Å². The van der Waals surface area contributed by atoms with Gasteiger partial charge in [-0.25, -0.2) is 4.39 Å². The number of nitrogens with zero attached hydrogens (tertiary/aromatic N) is 1. The number of methoxy groups -OCH3 is 1. The average molecular weight is 332 g/mol. The van der Waals surface area contributed by atoms with Crippen LogP contribution in [0.15, 0.2) is 40.8 Å². The highest BCUT2D eigenvalue weighted by molar-refractivity contribution is 5.17. The number of hydrogen-bond donors (Lipinski definition) is 1. The van der Waals surface area contributed by atoms with E-state index in [9.17, 15) is 4.39 Å². The molecule has 0 saturated carbocycles. The number of halogens is 1. The molecule has 1 aromatic carbocycles. The fraction of sp³-hybridized carbons (Fsp3) is 0.474. The Kier molecular flexibility index (Phi) is 6.01. The van der Waals surface area contributed by atoms with E-state index in [-0.39, 0.29) is 5.82 Å². The molecule has 1 saturated heterocycles. The topological polar surface area (TPSA) is 37.6 Å². The SMILES string of the molecule is COCc1ccc(CNC2CCCN(Cc3ccccc3F)C2)o1. The van der Waals surface area contributed by atoms with Crippen LogP contribution in [0.25, 0.3) is 0 Å². The van der Waals surface area contributed by atoms with Gasteiger partial charge >= 0.3 is 0 Å². The first kappa shape index (κ1) is 17.1. The summed E-state index contributed by atoms with van der Waals surface area (Å²) in [5.41, 5.74) is 0.772. The number of piperidine rings is 1. The zero-order valence-corrected chi connectivity index (χ0v) is 14.1. The molecule has 0 bridgehead atoms. The number of likely N-dealkylation sites (tertiary alicyclic amines) is 1. The molecule has 0 spiro atoms. The van der Waals surface area contributed by atoms with E-state index in [0.717, 1.165) is 43.0 Å². The lowest BCUT2D eigenvalue weighted by molar-refractivity contribution is 0.160. The minimum Gasteiger partial charge on any atom is -0.462 e. The van der Waals surface area contributed by atoms with E-state index in [1.807, 2.05) is 24.3 Å². The van der Waals surface area contributed by atoms with Gasteiger partial charge in [-0.2, -0.15) is 0 Å². The van der Waals surface area contributed by atoms with Gasteiger partial charge in [0.25, 0.3) is 0 Å². The molecule has 3 rings (SSSR count). The first-order valence-electron chi connectivity index (χ1n) is 8.50. The maximum absolute atomic E-state index is 13.8. The van der Waals surface area contributed by atoms with Crippen LogP contribution in [0.4, 0.5) is 4.39 Å². The van der Waals surface area contributed by atoms with Gasteiger partial charge in [-0.3, -0.25) is 4.90 Å². The molecule has 1 aromatic heterocycles. The lowest BCUT2D eigenvalue weighted by Crippen LogP contribution is -2.45.